The minimum atomic E-state index is -3.54. The minimum Gasteiger partial charge on any atom is -0.382 e. The Morgan fingerprint density at radius 3 is 2.80 bits per heavy atom. The Morgan fingerprint density at radius 1 is 1.29 bits per heavy atom. The number of nitrogen functional groups attached to an aromatic ring is 1. The third-order valence-corrected chi connectivity index (χ3v) is 8.48. The lowest BCUT2D eigenvalue weighted by Crippen LogP contribution is -2.38. The predicted octanol–water partition coefficient (Wildman–Crippen LogP) is 4.06. The normalized spacial score (nSPS) is 16.4. The number of nitrogens with zero attached hydrogens (tertiary/aromatic N) is 4. The van der Waals surface area contributed by atoms with Gasteiger partial charge in [-0.1, -0.05) is 30.2 Å². The van der Waals surface area contributed by atoms with Crippen LogP contribution in [-0.2, 0) is 10.0 Å². The first kappa shape index (κ1) is 22.9. The fourth-order valence-electron chi connectivity index (χ4n) is 4.65. The number of aromatic nitrogens is 4. The Kier molecular flexibility index (Phi) is 5.93. The Bertz CT molecular complexity index is 1580. The van der Waals surface area contributed by atoms with Gasteiger partial charge in [0.1, 0.15) is 22.9 Å². The Morgan fingerprint density at radius 2 is 2.06 bits per heavy atom. The maximum Gasteiger partial charge on any atom is 0.238 e. The van der Waals surface area contributed by atoms with E-state index in [0.717, 1.165) is 33.6 Å². The van der Waals surface area contributed by atoms with Crippen molar-refractivity contribution in [1.29, 1.82) is 0 Å². The highest BCUT2D eigenvalue weighted by Crippen LogP contribution is 2.36. The number of allylic oxidation sites excluding steroid dienone is 4. The monoisotopic (exact) mass is 486 g/mol. The second kappa shape index (κ2) is 9.06. The number of fused-ring (bicyclic) bond motifs is 2. The summed E-state index contributed by atoms with van der Waals surface area (Å²) in [5, 5.41) is 1.09. The summed E-state index contributed by atoms with van der Waals surface area (Å²) < 4.78 is 29.5. The number of aromatic amines is 1. The van der Waals surface area contributed by atoms with Crippen molar-refractivity contribution in [1.82, 2.24) is 23.7 Å². The summed E-state index contributed by atoms with van der Waals surface area (Å²) in [7, 11) is -3.54. The number of hydrogen-bond acceptors (Lipinski definition) is 5. The Balaban J connectivity index is 1.46. The smallest absolute Gasteiger partial charge is 0.238 e. The topological polar surface area (TPSA) is 109 Å². The van der Waals surface area contributed by atoms with Crippen molar-refractivity contribution in [3.8, 4) is 23.7 Å². The number of anilines is 1. The molecule has 0 aliphatic carbocycles. The van der Waals surface area contributed by atoms with Crippen molar-refractivity contribution in [3.63, 3.8) is 0 Å². The molecule has 8 nitrogen and oxygen atoms in total. The number of nitrogens with one attached hydrogen (secondary N) is 1. The van der Waals surface area contributed by atoms with Crippen molar-refractivity contribution in [3.05, 3.63) is 71.7 Å². The summed E-state index contributed by atoms with van der Waals surface area (Å²) in [4.78, 5) is 13.0. The van der Waals surface area contributed by atoms with Crippen molar-refractivity contribution in [2.24, 2.45) is 0 Å². The molecule has 0 saturated carbocycles. The molecule has 0 spiro atoms. The number of imidazole rings is 1. The summed E-state index contributed by atoms with van der Waals surface area (Å²) in [6.45, 7) is 2.41. The van der Waals surface area contributed by atoms with E-state index in [2.05, 4.69) is 22.0 Å². The van der Waals surface area contributed by atoms with Crippen LogP contribution < -0.4 is 5.73 Å². The number of hydrogen-bond donors (Lipinski definition) is 2. The Hall–Kier alpha value is -3.87. The molecule has 0 bridgehead atoms. The quantitative estimate of drug-likeness (QED) is 0.327. The third-order valence-electron chi connectivity index (χ3n) is 6.48. The van der Waals surface area contributed by atoms with Gasteiger partial charge in [-0.15, -0.1) is 6.42 Å². The molecular weight excluding hydrogens is 460 g/mol. The first-order chi connectivity index (χ1) is 16.9. The lowest BCUT2D eigenvalue weighted by molar-refractivity contribution is 0.315. The molecule has 35 heavy (non-hydrogen) atoms. The summed E-state index contributed by atoms with van der Waals surface area (Å²) in [6, 6.07) is 10.1. The lowest BCUT2D eigenvalue weighted by atomic mass is 9.97. The van der Waals surface area contributed by atoms with Gasteiger partial charge in [-0.05, 0) is 44.1 Å². The van der Waals surface area contributed by atoms with E-state index in [4.69, 9.17) is 17.1 Å². The molecule has 1 aliphatic heterocycles. The van der Waals surface area contributed by atoms with Crippen LogP contribution in [0.1, 0.15) is 31.5 Å². The molecule has 5 rings (SSSR count). The van der Waals surface area contributed by atoms with Gasteiger partial charge >= 0.3 is 0 Å². The number of H-pyrrole nitrogens is 1. The molecule has 9 heteroatoms. The van der Waals surface area contributed by atoms with Gasteiger partial charge in [0.2, 0.25) is 10.0 Å². The van der Waals surface area contributed by atoms with Gasteiger partial charge < -0.3 is 10.7 Å². The molecule has 0 unspecified atom stereocenters. The van der Waals surface area contributed by atoms with Gasteiger partial charge in [-0.2, -0.15) is 4.31 Å². The van der Waals surface area contributed by atoms with Crippen LogP contribution in [0, 0.1) is 12.3 Å². The van der Waals surface area contributed by atoms with Crippen LogP contribution in [0.15, 0.2) is 65.9 Å². The van der Waals surface area contributed by atoms with Crippen LogP contribution in [0.4, 0.5) is 5.82 Å². The van der Waals surface area contributed by atoms with E-state index < -0.39 is 10.0 Å². The average Bonchev–Trinajstić information content (AvgIpc) is 3.47. The van der Waals surface area contributed by atoms with Gasteiger partial charge in [0.25, 0.3) is 0 Å². The van der Waals surface area contributed by atoms with Gasteiger partial charge in [0.15, 0.2) is 0 Å². The third kappa shape index (κ3) is 4.11. The molecule has 0 radical (unpaired) electrons. The van der Waals surface area contributed by atoms with E-state index >= 15 is 0 Å². The number of rotatable bonds is 5. The van der Waals surface area contributed by atoms with Crippen molar-refractivity contribution >= 4 is 32.3 Å². The van der Waals surface area contributed by atoms with Gasteiger partial charge in [-0.3, -0.25) is 4.40 Å². The van der Waals surface area contributed by atoms with E-state index in [9.17, 15) is 8.42 Å². The average molecular weight is 487 g/mol. The summed E-state index contributed by atoms with van der Waals surface area (Å²) in [5.74, 6) is 3.71. The van der Waals surface area contributed by atoms with E-state index in [1.165, 1.54) is 16.5 Å². The van der Waals surface area contributed by atoms with Crippen molar-refractivity contribution in [2.75, 3.05) is 18.8 Å². The first-order valence-corrected chi connectivity index (χ1v) is 12.8. The molecule has 3 N–H and O–H groups in total. The van der Waals surface area contributed by atoms with Gasteiger partial charge in [0, 0.05) is 42.3 Å². The fraction of sp³-hybridized carbons (Fsp3) is 0.231. The number of nitrogens with two attached hydrogens (primary N) is 1. The number of para-hydroxylation sites is 1. The zero-order valence-electron chi connectivity index (χ0n) is 19.3. The SMILES string of the molecule is C#C/C=C\C=C(/C)S(=O)(=O)N1CCC(c2nc(-c3cc4ccccc4[nH]3)c3c(N)nccn23)CC1. The van der Waals surface area contributed by atoms with Gasteiger partial charge in [0.05, 0.1) is 10.6 Å². The van der Waals surface area contributed by atoms with Crippen LogP contribution in [-0.4, -0.2) is 45.2 Å². The lowest BCUT2D eigenvalue weighted by Gasteiger charge is -2.30. The van der Waals surface area contributed by atoms with E-state index in [-0.39, 0.29) is 10.8 Å². The van der Waals surface area contributed by atoms with Crippen LogP contribution >= 0.6 is 0 Å². The molecule has 178 valence electrons. The van der Waals surface area contributed by atoms with Crippen LogP contribution in [0.3, 0.4) is 0 Å². The maximum atomic E-state index is 13.0. The van der Waals surface area contributed by atoms with E-state index in [0.29, 0.717) is 31.7 Å². The second-order valence-corrected chi connectivity index (χ2v) is 10.7. The van der Waals surface area contributed by atoms with Crippen LogP contribution in [0.5, 0.6) is 0 Å². The summed E-state index contributed by atoms with van der Waals surface area (Å²) in [6.07, 6.45) is 14.6. The highest BCUT2D eigenvalue weighted by atomic mass is 32.2. The highest BCUT2D eigenvalue weighted by Gasteiger charge is 2.32. The number of terminal acetylenes is 1. The molecule has 4 heterocycles. The second-order valence-electron chi connectivity index (χ2n) is 8.60. The van der Waals surface area contributed by atoms with Crippen LogP contribution in [0.25, 0.3) is 27.8 Å². The Labute approximate surface area is 204 Å². The zero-order chi connectivity index (χ0) is 24.6. The standard InChI is InChI=1S/C26H26N6O2S/c1-3-4-5-8-18(2)35(33,34)31-14-11-19(12-15-31)26-30-23(24-25(27)28-13-16-32(24)26)22-17-20-9-6-7-10-21(20)29-22/h1,4-10,13,16-17,19,29H,11-12,14-15H2,2H3,(H2,27,28)/b5-4-,18-8+. The maximum absolute atomic E-state index is 13.0. The van der Waals surface area contributed by atoms with Crippen LogP contribution in [0.2, 0.25) is 0 Å². The summed E-state index contributed by atoms with van der Waals surface area (Å²) in [5.41, 5.74) is 9.69. The molecule has 1 aliphatic rings. The van der Waals surface area contributed by atoms with Crippen molar-refractivity contribution in [2.45, 2.75) is 25.7 Å². The molecule has 4 aromatic rings. The number of sulfonamides is 1. The molecule has 1 saturated heterocycles. The molecule has 0 amide bonds. The minimum absolute atomic E-state index is 0.0829. The molecule has 0 atom stereocenters. The zero-order valence-corrected chi connectivity index (χ0v) is 20.2. The molecule has 1 fully saturated rings. The molecular formula is C26H26N6O2S. The number of benzene rings is 1. The molecule has 1 aromatic carbocycles. The highest BCUT2D eigenvalue weighted by molar-refractivity contribution is 7.93. The van der Waals surface area contributed by atoms with Crippen molar-refractivity contribution < 1.29 is 8.42 Å². The van der Waals surface area contributed by atoms with Gasteiger partial charge in [-0.25, -0.2) is 18.4 Å². The first-order valence-electron chi connectivity index (χ1n) is 11.4. The summed E-state index contributed by atoms with van der Waals surface area (Å²) >= 11 is 0. The predicted molar refractivity (Wildman–Crippen MR) is 139 cm³/mol. The molecule has 3 aromatic heterocycles. The van der Waals surface area contributed by atoms with E-state index in [1.807, 2.05) is 34.9 Å². The largest absolute Gasteiger partial charge is 0.382 e. The number of piperidine rings is 1. The van der Waals surface area contributed by atoms with E-state index in [1.54, 1.807) is 19.2 Å². The fourth-order valence-corrected chi connectivity index (χ4v) is 6.00.